The van der Waals surface area contributed by atoms with Crippen molar-refractivity contribution in [1.82, 2.24) is 0 Å². The van der Waals surface area contributed by atoms with Crippen molar-refractivity contribution in [3.8, 4) is 0 Å². The largest absolute Gasteiger partial charge is 0.483 e. The molecular weight excluding hydrogens is 296 g/mol. The highest BCUT2D eigenvalue weighted by molar-refractivity contribution is 5.41. The number of hydrogen-bond acceptors (Lipinski definition) is 1. The second-order valence-electron chi connectivity index (χ2n) is 7.61. The van der Waals surface area contributed by atoms with Crippen LogP contribution in [0.2, 0.25) is 0 Å². The first-order valence-electron chi connectivity index (χ1n) is 9.65. The normalized spacial score (nSPS) is 27.6. The van der Waals surface area contributed by atoms with Crippen molar-refractivity contribution in [2.75, 3.05) is 0 Å². The molecule has 0 saturated heterocycles. The Bertz CT molecular complexity index is 521. The smallest absolute Gasteiger partial charge is 0.290 e. The van der Waals surface area contributed by atoms with E-state index in [1.54, 1.807) is 11.1 Å². The van der Waals surface area contributed by atoms with Crippen molar-refractivity contribution in [2.24, 2.45) is 11.8 Å². The molecule has 0 bridgehead atoms. The molecule has 0 radical (unpaired) electrons. The Labute approximate surface area is 148 Å². The lowest BCUT2D eigenvalue weighted by Gasteiger charge is -2.49. The summed E-state index contributed by atoms with van der Waals surface area (Å²) in [6.45, 7) is 13.4. The Morgan fingerprint density at radius 2 is 1.88 bits per heavy atom. The van der Waals surface area contributed by atoms with Gasteiger partial charge in [-0.15, -0.1) is 0 Å². The summed E-state index contributed by atoms with van der Waals surface area (Å²) in [5.74, 6) is 2.48. The van der Waals surface area contributed by atoms with Crippen LogP contribution in [0.25, 0.3) is 0 Å². The third-order valence-electron chi connectivity index (χ3n) is 6.00. The second-order valence-corrected chi connectivity index (χ2v) is 7.61. The van der Waals surface area contributed by atoms with E-state index in [2.05, 4.69) is 45.9 Å². The number of benzene rings is 1. The van der Waals surface area contributed by atoms with Crippen LogP contribution in [0.1, 0.15) is 89.8 Å². The van der Waals surface area contributed by atoms with Crippen molar-refractivity contribution in [2.45, 2.75) is 85.0 Å². The van der Waals surface area contributed by atoms with E-state index in [1.807, 2.05) is 13.8 Å². The van der Waals surface area contributed by atoms with Gasteiger partial charge in [-0.25, -0.2) is 0 Å². The van der Waals surface area contributed by atoms with Gasteiger partial charge in [-0.3, -0.25) is 4.79 Å². The fraction of sp³-hybridized carbons (Fsp3) is 0.682. The van der Waals surface area contributed by atoms with Crippen LogP contribution in [0.15, 0.2) is 18.2 Å². The van der Waals surface area contributed by atoms with E-state index >= 15 is 0 Å². The minimum absolute atomic E-state index is 0.250. The Kier molecular flexibility index (Phi) is 7.99. The standard InChI is InChI=1S/C19H28.C2H6.CH2O2/c1-13(2)15-7-10-18-16(12-15)8-9-17-14(3)6-5-11-19(17,18)4;1-2;2-1-3/h7,10,12-14,17H,5-6,8-9,11H2,1-4H3;1-2H3;1H,(H,2,3). The molecule has 3 rings (SSSR count). The Balaban J connectivity index is 0.000000521. The molecule has 3 atom stereocenters. The maximum atomic E-state index is 8.36. The first kappa shape index (κ1) is 20.7. The number of rotatable bonds is 1. The van der Waals surface area contributed by atoms with Crippen LogP contribution in [0.4, 0.5) is 0 Å². The van der Waals surface area contributed by atoms with E-state index in [1.165, 1.54) is 37.7 Å². The summed E-state index contributed by atoms with van der Waals surface area (Å²) >= 11 is 0. The van der Waals surface area contributed by atoms with Crippen molar-refractivity contribution in [1.29, 1.82) is 0 Å². The van der Waals surface area contributed by atoms with Crippen LogP contribution in [-0.4, -0.2) is 11.6 Å². The van der Waals surface area contributed by atoms with Crippen molar-refractivity contribution in [3.63, 3.8) is 0 Å². The van der Waals surface area contributed by atoms with Crippen LogP contribution >= 0.6 is 0 Å². The number of fused-ring (bicyclic) bond motifs is 3. The number of carboxylic acid groups (broad SMARTS) is 1. The minimum atomic E-state index is -0.250. The first-order chi connectivity index (χ1) is 11.4. The Morgan fingerprint density at radius 3 is 2.46 bits per heavy atom. The van der Waals surface area contributed by atoms with Gasteiger partial charge in [0.05, 0.1) is 0 Å². The molecule has 0 aromatic heterocycles. The molecule has 1 aromatic carbocycles. The van der Waals surface area contributed by atoms with Crippen LogP contribution < -0.4 is 0 Å². The molecule has 3 unspecified atom stereocenters. The molecule has 1 fully saturated rings. The highest BCUT2D eigenvalue weighted by atomic mass is 16.3. The average molecular weight is 333 g/mol. The van der Waals surface area contributed by atoms with E-state index < -0.39 is 0 Å². The summed E-state index contributed by atoms with van der Waals surface area (Å²) in [6, 6.07) is 7.35. The molecule has 2 aliphatic rings. The Morgan fingerprint density at radius 1 is 1.25 bits per heavy atom. The molecule has 24 heavy (non-hydrogen) atoms. The molecule has 1 aromatic rings. The van der Waals surface area contributed by atoms with Crippen molar-refractivity contribution < 1.29 is 9.90 Å². The summed E-state index contributed by atoms with van der Waals surface area (Å²) in [6.07, 6.45) is 6.97. The maximum absolute atomic E-state index is 8.36. The van der Waals surface area contributed by atoms with E-state index in [0.29, 0.717) is 11.3 Å². The van der Waals surface area contributed by atoms with Crippen molar-refractivity contribution in [3.05, 3.63) is 34.9 Å². The predicted molar refractivity (Wildman–Crippen MR) is 103 cm³/mol. The SMILES string of the molecule is CC.CC(C)c1ccc2c(c1)CCC1C(C)CCCC21C.O=CO. The summed E-state index contributed by atoms with van der Waals surface area (Å²) in [5, 5.41) is 6.89. The molecule has 0 heterocycles. The summed E-state index contributed by atoms with van der Waals surface area (Å²) in [4.78, 5) is 8.36. The van der Waals surface area contributed by atoms with E-state index in [0.717, 1.165) is 11.8 Å². The zero-order valence-electron chi connectivity index (χ0n) is 16.4. The molecular formula is C22H36O2. The lowest BCUT2D eigenvalue weighted by Crippen LogP contribution is -2.43. The van der Waals surface area contributed by atoms with Gasteiger partial charge in [-0.2, -0.15) is 0 Å². The molecule has 1 N–H and O–H groups in total. The molecule has 1 saturated carbocycles. The van der Waals surface area contributed by atoms with Crippen LogP contribution in [0.5, 0.6) is 0 Å². The summed E-state index contributed by atoms with van der Waals surface area (Å²) in [7, 11) is 0. The maximum Gasteiger partial charge on any atom is 0.290 e. The van der Waals surface area contributed by atoms with E-state index in [-0.39, 0.29) is 6.47 Å². The first-order valence-corrected chi connectivity index (χ1v) is 9.65. The third kappa shape index (κ3) is 4.20. The van der Waals surface area contributed by atoms with Crippen LogP contribution in [0, 0.1) is 11.8 Å². The predicted octanol–water partition coefficient (Wildman–Crippen LogP) is 6.18. The number of carbonyl (C=O) groups is 1. The van der Waals surface area contributed by atoms with Gasteiger partial charge in [-0.05, 0) is 59.1 Å². The third-order valence-corrected chi connectivity index (χ3v) is 6.00. The minimum Gasteiger partial charge on any atom is -0.483 e. The monoisotopic (exact) mass is 332 g/mol. The van der Waals surface area contributed by atoms with E-state index in [4.69, 9.17) is 9.90 Å². The zero-order valence-corrected chi connectivity index (χ0v) is 16.4. The van der Waals surface area contributed by atoms with Gasteiger partial charge in [0.2, 0.25) is 0 Å². The molecule has 2 nitrogen and oxygen atoms in total. The zero-order chi connectivity index (χ0) is 18.3. The highest BCUT2D eigenvalue weighted by Crippen LogP contribution is 2.52. The van der Waals surface area contributed by atoms with E-state index in [9.17, 15) is 0 Å². The van der Waals surface area contributed by atoms with Crippen LogP contribution in [-0.2, 0) is 16.6 Å². The molecule has 136 valence electrons. The van der Waals surface area contributed by atoms with Gasteiger partial charge in [0, 0.05) is 0 Å². The average Bonchev–Trinajstić information content (AvgIpc) is 2.57. The van der Waals surface area contributed by atoms with Gasteiger partial charge in [0.15, 0.2) is 0 Å². The van der Waals surface area contributed by atoms with Gasteiger partial charge < -0.3 is 5.11 Å². The fourth-order valence-corrected chi connectivity index (χ4v) is 4.79. The quantitative estimate of drug-likeness (QED) is 0.624. The van der Waals surface area contributed by atoms with Crippen LogP contribution in [0.3, 0.4) is 0 Å². The summed E-state index contributed by atoms with van der Waals surface area (Å²) in [5.41, 5.74) is 5.31. The number of aryl methyl sites for hydroxylation is 1. The Hall–Kier alpha value is -1.31. The van der Waals surface area contributed by atoms with Gasteiger partial charge >= 0.3 is 0 Å². The van der Waals surface area contributed by atoms with Gasteiger partial charge in [0.25, 0.3) is 6.47 Å². The molecule has 2 aliphatic carbocycles. The van der Waals surface area contributed by atoms with Gasteiger partial charge in [-0.1, -0.05) is 72.6 Å². The molecule has 0 amide bonds. The second kappa shape index (κ2) is 9.25. The lowest BCUT2D eigenvalue weighted by molar-refractivity contribution is -0.122. The lowest BCUT2D eigenvalue weighted by atomic mass is 9.55. The molecule has 0 aliphatic heterocycles. The molecule has 0 spiro atoms. The fourth-order valence-electron chi connectivity index (χ4n) is 4.79. The van der Waals surface area contributed by atoms with Crippen molar-refractivity contribution >= 4 is 6.47 Å². The summed E-state index contributed by atoms with van der Waals surface area (Å²) < 4.78 is 0. The topological polar surface area (TPSA) is 37.3 Å². The van der Waals surface area contributed by atoms with Gasteiger partial charge in [0.1, 0.15) is 0 Å². The molecule has 2 heteroatoms. The highest BCUT2D eigenvalue weighted by Gasteiger charge is 2.44. The number of hydrogen-bond donors (Lipinski definition) is 1.